The number of aliphatic imine (C=N–C) groups is 1. The van der Waals surface area contributed by atoms with Gasteiger partial charge in [-0.3, -0.25) is 0 Å². The normalized spacial score (nSPS) is 16.3. The van der Waals surface area contributed by atoms with Crippen molar-refractivity contribution < 1.29 is 29.5 Å². The van der Waals surface area contributed by atoms with Crippen LogP contribution in [0.25, 0.3) is 0 Å². The average molecular weight is 863 g/mol. The molecule has 0 saturated carbocycles. The van der Waals surface area contributed by atoms with Crippen molar-refractivity contribution in [2.75, 3.05) is 39.6 Å². The van der Waals surface area contributed by atoms with E-state index in [9.17, 15) is 15.3 Å². The molecule has 0 amide bonds. The second-order valence-electron chi connectivity index (χ2n) is 11.7. The summed E-state index contributed by atoms with van der Waals surface area (Å²) in [6, 6.07) is 16.1. The molecule has 0 radical (unpaired) electrons. The fourth-order valence-electron chi connectivity index (χ4n) is 4.64. The van der Waals surface area contributed by atoms with Crippen LogP contribution in [-0.4, -0.2) is 71.9 Å². The fourth-order valence-corrected chi connectivity index (χ4v) is 5.36. The number of benzene rings is 2. The van der Waals surface area contributed by atoms with Crippen molar-refractivity contribution in [2.45, 2.75) is 82.2 Å². The van der Waals surface area contributed by atoms with E-state index in [-0.39, 0.29) is 19.8 Å². The molecule has 0 spiro atoms. The zero-order valence-electron chi connectivity index (χ0n) is 27.1. The van der Waals surface area contributed by atoms with Crippen molar-refractivity contribution in [1.82, 2.24) is 0 Å². The van der Waals surface area contributed by atoms with E-state index in [4.69, 9.17) is 19.9 Å². The van der Waals surface area contributed by atoms with Gasteiger partial charge in [-0.1, -0.05) is 81.6 Å². The van der Waals surface area contributed by atoms with Crippen LogP contribution in [0.5, 0.6) is 11.5 Å². The Morgan fingerprint density at radius 1 is 0.826 bits per heavy atom. The van der Waals surface area contributed by atoms with Crippen LogP contribution in [0.3, 0.4) is 0 Å². The Labute approximate surface area is 302 Å². The van der Waals surface area contributed by atoms with E-state index in [1.54, 1.807) is 0 Å². The Morgan fingerprint density at radius 3 is 1.74 bits per heavy atom. The first-order chi connectivity index (χ1) is 22.3. The fraction of sp³-hybridized carbons (Fsp3) is 0.528. The Hall–Kier alpha value is -1.71. The standard InChI is InChI=1S/C19H26INO3.C17H26INO3/c1-16-21-19(14-22,15-24-16)11-10-17-6-8-18(9-7-17)23-13-5-3-2-4-12-20;18-11-3-1-2-4-12-22-16-7-5-15(6-8-16)9-10-17(19,13-20)14-21/h4,6-9,12,22H,2-3,5,10-11,13-15H2,1H3;3,5-8,11,20-21H,1-2,4,9-10,12-14,19H2/b12-4-;11-3-. The minimum atomic E-state index is -0.901. The zero-order chi connectivity index (χ0) is 33.5. The molecule has 2 aromatic rings. The molecule has 1 unspecified atom stereocenters. The molecule has 46 heavy (non-hydrogen) atoms. The summed E-state index contributed by atoms with van der Waals surface area (Å²) in [7, 11) is 0. The zero-order valence-corrected chi connectivity index (χ0v) is 31.4. The molecular weight excluding hydrogens is 810 g/mol. The van der Waals surface area contributed by atoms with E-state index in [1.807, 2.05) is 47.4 Å². The van der Waals surface area contributed by atoms with Gasteiger partial charge in [0.25, 0.3) is 0 Å². The summed E-state index contributed by atoms with van der Waals surface area (Å²) < 4.78 is 21.0. The van der Waals surface area contributed by atoms with Gasteiger partial charge in [0.1, 0.15) is 23.6 Å². The molecule has 2 aromatic carbocycles. The smallest absolute Gasteiger partial charge is 0.180 e. The van der Waals surface area contributed by atoms with Crippen molar-refractivity contribution >= 4 is 51.1 Å². The number of nitrogens with two attached hydrogens (primary N) is 1. The highest BCUT2D eigenvalue weighted by atomic mass is 127. The third-order valence-electron chi connectivity index (χ3n) is 7.75. The lowest BCUT2D eigenvalue weighted by Crippen LogP contribution is -2.47. The second-order valence-corrected chi connectivity index (χ2v) is 13.1. The van der Waals surface area contributed by atoms with E-state index in [0.717, 1.165) is 88.1 Å². The van der Waals surface area contributed by atoms with Gasteiger partial charge in [-0.2, -0.15) is 0 Å². The van der Waals surface area contributed by atoms with Crippen molar-refractivity contribution in [3.05, 3.63) is 80.0 Å². The van der Waals surface area contributed by atoms with E-state index < -0.39 is 11.1 Å². The first kappa shape index (κ1) is 40.5. The Morgan fingerprint density at radius 2 is 1.33 bits per heavy atom. The number of halogens is 2. The molecule has 3 rings (SSSR count). The molecule has 0 saturated heterocycles. The van der Waals surface area contributed by atoms with Gasteiger partial charge in [0, 0.05) is 6.92 Å². The predicted molar refractivity (Wildman–Crippen MR) is 205 cm³/mol. The Bertz CT molecular complexity index is 1170. The minimum absolute atomic E-state index is 0.0261. The lowest BCUT2D eigenvalue weighted by atomic mass is 9.94. The molecule has 0 aromatic heterocycles. The second kappa shape index (κ2) is 23.6. The SMILES string of the molecule is CC1=NC(CO)(CCc2ccc(OCCCC/C=C\I)cc2)CO1.NC(CO)(CO)CCc1ccc(OCCCC/C=C\I)cc1. The number of hydrogen-bond acceptors (Lipinski definition) is 8. The van der Waals surface area contributed by atoms with E-state index in [0.29, 0.717) is 18.9 Å². The number of nitrogens with zero attached hydrogens (tertiary/aromatic N) is 1. The van der Waals surface area contributed by atoms with Crippen LogP contribution < -0.4 is 15.2 Å². The third kappa shape index (κ3) is 16.4. The van der Waals surface area contributed by atoms with Crippen molar-refractivity contribution in [3.8, 4) is 11.5 Å². The van der Waals surface area contributed by atoms with Gasteiger partial charge in [0.15, 0.2) is 5.90 Å². The summed E-state index contributed by atoms with van der Waals surface area (Å²) in [6.07, 6.45) is 13.9. The van der Waals surface area contributed by atoms with Crippen LogP contribution in [0.15, 0.2) is 73.8 Å². The van der Waals surface area contributed by atoms with Crippen molar-refractivity contribution in [1.29, 1.82) is 0 Å². The number of rotatable bonds is 21. The number of aryl methyl sites for hydroxylation is 2. The number of aliphatic hydroxyl groups is 3. The Kier molecular flexibility index (Phi) is 20.8. The minimum Gasteiger partial charge on any atom is -0.494 e. The predicted octanol–water partition coefficient (Wildman–Crippen LogP) is 7.10. The van der Waals surface area contributed by atoms with Gasteiger partial charge >= 0.3 is 0 Å². The maximum absolute atomic E-state index is 9.62. The van der Waals surface area contributed by atoms with E-state index in [1.165, 1.54) is 5.56 Å². The number of allylic oxidation sites excluding steroid dienone is 2. The lowest BCUT2D eigenvalue weighted by Gasteiger charge is -2.24. The maximum Gasteiger partial charge on any atom is 0.180 e. The maximum atomic E-state index is 9.62. The molecule has 0 aliphatic carbocycles. The molecular formula is C36H52I2N2O6. The number of aliphatic hydroxyl groups excluding tert-OH is 3. The average Bonchev–Trinajstić information content (AvgIpc) is 3.48. The molecule has 8 nitrogen and oxygen atoms in total. The van der Waals surface area contributed by atoms with Gasteiger partial charge in [-0.05, 0) is 108 Å². The summed E-state index contributed by atoms with van der Waals surface area (Å²) in [6.45, 7) is 3.40. The molecule has 0 fully saturated rings. The number of unbranched alkanes of at least 4 members (excludes halogenated alkanes) is 4. The molecule has 5 N–H and O–H groups in total. The number of hydrogen-bond donors (Lipinski definition) is 4. The van der Waals surface area contributed by atoms with Crippen LogP contribution in [0, 0.1) is 0 Å². The van der Waals surface area contributed by atoms with Crippen LogP contribution in [0.4, 0.5) is 0 Å². The highest BCUT2D eigenvalue weighted by Crippen LogP contribution is 2.25. The molecule has 1 aliphatic heterocycles. The molecule has 10 heteroatoms. The quantitative estimate of drug-likeness (QED) is 0.0780. The van der Waals surface area contributed by atoms with E-state index in [2.05, 4.69) is 78.5 Å². The van der Waals surface area contributed by atoms with Crippen LogP contribution >= 0.6 is 45.2 Å². The molecule has 256 valence electrons. The topological polar surface area (TPSA) is 127 Å². The van der Waals surface area contributed by atoms with Gasteiger partial charge in [-0.15, -0.1) is 0 Å². The molecule has 1 heterocycles. The summed E-state index contributed by atoms with van der Waals surface area (Å²) in [5.74, 6) is 2.46. The number of ether oxygens (including phenoxy) is 3. The summed E-state index contributed by atoms with van der Waals surface area (Å²) in [4.78, 5) is 4.46. The summed E-state index contributed by atoms with van der Waals surface area (Å²) in [5.41, 5.74) is 6.84. The first-order valence-corrected chi connectivity index (χ1v) is 18.5. The largest absolute Gasteiger partial charge is 0.494 e. The highest BCUT2D eigenvalue weighted by Gasteiger charge is 2.34. The van der Waals surface area contributed by atoms with Crippen LogP contribution in [0.1, 0.15) is 69.4 Å². The van der Waals surface area contributed by atoms with E-state index >= 15 is 0 Å². The van der Waals surface area contributed by atoms with Gasteiger partial charge < -0.3 is 35.3 Å². The lowest BCUT2D eigenvalue weighted by molar-refractivity contribution is 0.115. The van der Waals surface area contributed by atoms with Gasteiger partial charge in [0.2, 0.25) is 0 Å². The Balaban J connectivity index is 0.000000322. The molecule has 1 atom stereocenters. The summed E-state index contributed by atoms with van der Waals surface area (Å²) >= 11 is 4.47. The van der Waals surface area contributed by atoms with Crippen LogP contribution in [0.2, 0.25) is 0 Å². The van der Waals surface area contributed by atoms with Gasteiger partial charge in [-0.25, -0.2) is 4.99 Å². The molecule has 1 aliphatic rings. The highest BCUT2D eigenvalue weighted by molar-refractivity contribution is 14.1. The first-order valence-electron chi connectivity index (χ1n) is 16.1. The third-order valence-corrected chi connectivity index (χ3v) is 8.77. The molecule has 0 bridgehead atoms. The van der Waals surface area contributed by atoms with Crippen molar-refractivity contribution in [3.63, 3.8) is 0 Å². The van der Waals surface area contributed by atoms with Crippen molar-refractivity contribution in [2.24, 2.45) is 10.7 Å². The monoisotopic (exact) mass is 862 g/mol. The van der Waals surface area contributed by atoms with Crippen LogP contribution in [-0.2, 0) is 17.6 Å². The summed E-state index contributed by atoms with van der Waals surface area (Å²) in [5, 5.41) is 28.0. The van der Waals surface area contributed by atoms with Gasteiger partial charge in [0.05, 0.1) is 38.6 Å².